The molecule has 0 aromatic heterocycles. The van der Waals surface area contributed by atoms with Gasteiger partial charge in [0, 0.05) is 71.9 Å². The summed E-state index contributed by atoms with van der Waals surface area (Å²) in [4.78, 5) is 50.6. The molecular weight excluding hydrogens is 1600 g/mol. The molecule has 9 nitrogen and oxygen atoms in total. The lowest BCUT2D eigenvalue weighted by Gasteiger charge is -2.32. The van der Waals surface area contributed by atoms with E-state index in [-0.39, 0.29) is 16.2 Å². The Balaban J connectivity index is 0.580. The van der Waals surface area contributed by atoms with E-state index >= 15 is 0 Å². The van der Waals surface area contributed by atoms with Crippen LogP contribution in [0.2, 0.25) is 0 Å². The Kier molecular flexibility index (Phi) is 20.0. The first-order valence-electron chi connectivity index (χ1n) is 45.2. The quantitative estimate of drug-likeness (QED) is 0.0473. The van der Waals surface area contributed by atoms with Gasteiger partial charge in [0.15, 0.2) is 0 Å². The van der Waals surface area contributed by atoms with Crippen molar-refractivity contribution in [1.29, 1.82) is 0 Å². The van der Waals surface area contributed by atoms with Gasteiger partial charge < -0.3 is 28.9 Å². The zero-order chi connectivity index (χ0) is 90.3. The van der Waals surface area contributed by atoms with Crippen LogP contribution >= 0.6 is 0 Å². The van der Waals surface area contributed by atoms with Gasteiger partial charge in [-0.1, -0.05) is 242 Å². The fourth-order valence-corrected chi connectivity index (χ4v) is 21.5. The predicted molar refractivity (Wildman–Crippen MR) is 537 cm³/mol. The average Bonchev–Trinajstić information content (AvgIpc) is 1.59. The second kappa shape index (κ2) is 31.8. The maximum Gasteiger partial charge on any atom is 0.343 e. The molecule has 0 atom stereocenters. The van der Waals surface area contributed by atoms with Gasteiger partial charge in [-0.15, -0.1) is 0 Å². The van der Waals surface area contributed by atoms with Gasteiger partial charge >= 0.3 is 17.9 Å². The van der Waals surface area contributed by atoms with Crippen molar-refractivity contribution in [2.75, 3.05) is 14.7 Å². The molecule has 0 saturated heterocycles. The molecular formula is C122H99N3O6. The third kappa shape index (κ3) is 13.9. The van der Waals surface area contributed by atoms with Crippen LogP contribution in [0, 0.1) is 41.5 Å². The minimum Gasteiger partial charge on any atom is -0.423 e. The van der Waals surface area contributed by atoms with Gasteiger partial charge in [-0.05, 0) is 345 Å². The molecule has 0 spiro atoms. The lowest BCUT2D eigenvalue weighted by molar-refractivity contribution is 0.0725. The Labute approximate surface area is 766 Å². The van der Waals surface area contributed by atoms with Crippen LogP contribution in [0.4, 0.5) is 51.2 Å². The second-order valence-electron chi connectivity index (χ2n) is 37.4. The molecule has 0 heterocycles. The van der Waals surface area contributed by atoms with E-state index in [0.717, 1.165) is 84.0 Å². The summed E-state index contributed by atoms with van der Waals surface area (Å²) in [6.45, 7) is 29.0. The molecule has 21 rings (SSSR count). The third-order valence-electron chi connectivity index (χ3n) is 28.5. The van der Waals surface area contributed by atoms with E-state index in [9.17, 15) is 14.4 Å². The average molecular weight is 1700 g/mol. The molecule has 0 aliphatic heterocycles. The van der Waals surface area contributed by atoms with Gasteiger partial charge in [0.2, 0.25) is 0 Å². The Morgan fingerprint density at radius 1 is 0.237 bits per heavy atom. The molecule has 0 N–H and O–H groups in total. The highest BCUT2D eigenvalue weighted by Crippen LogP contribution is 2.56. The molecule has 131 heavy (non-hydrogen) atoms. The Morgan fingerprint density at radius 3 is 0.740 bits per heavy atom. The smallest absolute Gasteiger partial charge is 0.343 e. The number of rotatable bonds is 18. The summed E-state index contributed by atoms with van der Waals surface area (Å²) in [5.41, 5.74) is 33.3. The summed E-state index contributed by atoms with van der Waals surface area (Å²) < 4.78 is 18.9. The van der Waals surface area contributed by atoms with E-state index in [1.165, 1.54) is 116 Å². The zero-order valence-electron chi connectivity index (χ0n) is 75.9. The highest BCUT2D eigenvalue weighted by molar-refractivity contribution is 6.07. The summed E-state index contributed by atoms with van der Waals surface area (Å²) in [6.07, 6.45) is 0. The summed E-state index contributed by atoms with van der Waals surface area (Å²) in [5.74, 6) is -0.451. The Bertz CT molecular complexity index is 6960. The lowest BCUT2D eigenvalue weighted by Crippen LogP contribution is -2.25. The van der Waals surface area contributed by atoms with Crippen molar-refractivity contribution in [2.45, 2.75) is 112 Å². The van der Waals surface area contributed by atoms with Crippen molar-refractivity contribution in [3.05, 3.63) is 464 Å². The first kappa shape index (κ1) is 82.5. The zero-order valence-corrected chi connectivity index (χ0v) is 75.9. The van der Waals surface area contributed by atoms with E-state index in [1.54, 1.807) is 0 Å². The number of anilines is 9. The number of fused-ring (bicyclic) bond motifs is 12. The van der Waals surface area contributed by atoms with Crippen LogP contribution in [0.25, 0.3) is 65.7 Å². The first-order valence-corrected chi connectivity index (χ1v) is 45.2. The van der Waals surface area contributed by atoms with E-state index in [4.69, 9.17) is 14.2 Å². The third-order valence-corrected chi connectivity index (χ3v) is 28.5. The molecule has 638 valence electrons. The lowest BCUT2D eigenvalue weighted by atomic mass is 9.71. The summed E-state index contributed by atoms with van der Waals surface area (Å²) in [5, 5.41) is 7.03. The van der Waals surface area contributed by atoms with E-state index in [0.29, 0.717) is 33.9 Å². The minimum absolute atomic E-state index is 0.226. The van der Waals surface area contributed by atoms with Crippen molar-refractivity contribution in [3.63, 3.8) is 0 Å². The molecule has 0 fully saturated rings. The number of nitrogens with zero attached hydrogens (tertiary/aromatic N) is 3. The van der Waals surface area contributed by atoms with Crippen molar-refractivity contribution in [2.24, 2.45) is 0 Å². The molecule has 3 aliphatic carbocycles. The molecule has 18 aromatic rings. The number of carbonyl (C=O) groups is 3. The predicted octanol–water partition coefficient (Wildman–Crippen LogP) is 31.3. The van der Waals surface area contributed by atoms with Gasteiger partial charge in [0.05, 0.1) is 33.8 Å². The van der Waals surface area contributed by atoms with E-state index in [2.05, 4.69) is 323 Å². The largest absolute Gasteiger partial charge is 0.423 e. The summed E-state index contributed by atoms with van der Waals surface area (Å²) >= 11 is 0. The van der Waals surface area contributed by atoms with Crippen LogP contribution in [0.1, 0.15) is 163 Å². The standard InChI is InChI=1S/C122H99N3O6/c1-74-23-20-29-101-110(68-35-77(4)113(74)101)123(89-56-65-98-95-26-14-17-32-104(95)119(7,8)107(98)71-89)86-50-38-80(39-51-86)116(126)129-92-59-44-83(45-60-92)122(13,84-46-61-93(62-47-84)130-117(127)81-40-52-87(53-41-81)124(111-69-36-78(5)114-75(2)24-21-30-102(111)114)90-57-66-99-96-27-15-18-33-105(96)120(9,10)108(99)72-90)85-48-63-94(64-49-85)131-118(128)82-42-54-88(55-43-82)125(112-70-37-79(6)115-76(3)25-22-31-103(112)115)91-58-67-100-97-28-16-19-34-106(97)121(11,12)109(100)73-91/h14-73H,1-13H3. The van der Waals surface area contributed by atoms with Crippen LogP contribution in [0.15, 0.2) is 364 Å². The van der Waals surface area contributed by atoms with Crippen molar-refractivity contribution >= 4 is 101 Å². The Morgan fingerprint density at radius 2 is 0.473 bits per heavy atom. The molecule has 0 amide bonds. The van der Waals surface area contributed by atoms with Crippen molar-refractivity contribution in [3.8, 4) is 50.6 Å². The minimum atomic E-state index is -0.904. The molecule has 0 bridgehead atoms. The van der Waals surface area contributed by atoms with Gasteiger partial charge in [-0.3, -0.25) is 0 Å². The van der Waals surface area contributed by atoms with Gasteiger partial charge in [-0.2, -0.15) is 0 Å². The highest BCUT2D eigenvalue weighted by Gasteiger charge is 2.41. The molecule has 3 aliphatic rings. The van der Waals surface area contributed by atoms with Crippen LogP contribution < -0.4 is 28.9 Å². The SMILES string of the molecule is Cc1cccc2c(N(c3ccc(C(=O)Oc4ccc(C(C)(c5ccc(OC(=O)c6ccc(N(c7ccc8c(c7)C(C)(C)c7ccccc7-8)c7ccc(C)c8c(C)cccc78)cc6)cc5)c5ccc(OC(=O)c6ccc(N(c7ccc8c(c7)C(C)(C)c7ccccc7-8)c7ccc(C)c8c(C)cccc78)cc6)cc5)cc4)cc3)c3ccc4c(c3)C(C)(C)c3ccccc3-4)ccc(C)c12. The highest BCUT2D eigenvalue weighted by atomic mass is 16.5. The van der Waals surface area contributed by atoms with Crippen LogP contribution in [0.3, 0.4) is 0 Å². The fraction of sp³-hybridized carbons (Fsp3) is 0.139. The molecule has 0 unspecified atom stereocenters. The van der Waals surface area contributed by atoms with Crippen molar-refractivity contribution in [1.82, 2.24) is 0 Å². The van der Waals surface area contributed by atoms with Gasteiger partial charge in [0.25, 0.3) is 0 Å². The number of hydrogen-bond donors (Lipinski definition) is 0. The van der Waals surface area contributed by atoms with Crippen LogP contribution in [-0.4, -0.2) is 17.9 Å². The number of hydrogen-bond acceptors (Lipinski definition) is 9. The maximum atomic E-state index is 14.6. The normalized spacial score (nSPS) is 13.4. The number of aryl methyl sites for hydroxylation is 6. The number of carbonyl (C=O) groups excluding carboxylic acids is 3. The van der Waals surface area contributed by atoms with Crippen LogP contribution in [0.5, 0.6) is 17.2 Å². The Hall–Kier alpha value is -15.5. The summed E-state index contributed by atoms with van der Waals surface area (Å²) in [7, 11) is 0. The molecule has 9 heteroatoms. The first-order chi connectivity index (χ1) is 63.3. The maximum absolute atomic E-state index is 14.6. The molecule has 0 radical (unpaired) electrons. The number of benzene rings is 18. The topological polar surface area (TPSA) is 88.6 Å². The van der Waals surface area contributed by atoms with E-state index in [1.807, 2.05) is 146 Å². The molecule has 0 saturated carbocycles. The number of ether oxygens (including phenoxy) is 3. The van der Waals surface area contributed by atoms with Gasteiger partial charge in [0.1, 0.15) is 17.2 Å². The van der Waals surface area contributed by atoms with E-state index < -0.39 is 23.3 Å². The fourth-order valence-electron chi connectivity index (χ4n) is 21.5. The number of esters is 3. The summed E-state index contributed by atoms with van der Waals surface area (Å²) in [6, 6.07) is 125. The van der Waals surface area contributed by atoms with Crippen LogP contribution in [-0.2, 0) is 21.7 Å². The second-order valence-corrected chi connectivity index (χ2v) is 37.4. The van der Waals surface area contributed by atoms with Crippen molar-refractivity contribution < 1.29 is 28.6 Å². The van der Waals surface area contributed by atoms with Gasteiger partial charge in [-0.25, -0.2) is 14.4 Å². The monoisotopic (exact) mass is 1700 g/mol. The molecule has 18 aromatic carbocycles.